The summed E-state index contributed by atoms with van der Waals surface area (Å²) in [4.78, 5) is 22.3. The summed E-state index contributed by atoms with van der Waals surface area (Å²) in [5, 5.41) is -5.85. The van der Waals surface area contributed by atoms with Crippen LogP contribution in [0.3, 0.4) is 0 Å². The lowest BCUT2D eigenvalue weighted by molar-refractivity contribution is -0.171. The van der Waals surface area contributed by atoms with Crippen molar-refractivity contribution in [2.24, 2.45) is 0 Å². The molecule has 2 nitrogen and oxygen atoms in total. The van der Waals surface area contributed by atoms with Gasteiger partial charge in [0.15, 0.2) is 0 Å². The average molecular weight is 475 g/mol. The molecule has 0 fully saturated rings. The van der Waals surface area contributed by atoms with E-state index in [2.05, 4.69) is 23.2 Å². The fourth-order valence-corrected chi connectivity index (χ4v) is 2.65. The van der Waals surface area contributed by atoms with Crippen LogP contribution in [0.15, 0.2) is 0 Å². The first-order chi connectivity index (χ1) is 12.1. The van der Waals surface area contributed by atoms with Crippen LogP contribution in [0.25, 0.3) is 0 Å². The molecule has 0 N–H and O–H groups in total. The van der Waals surface area contributed by atoms with E-state index in [-0.39, 0.29) is 0 Å². The Morgan fingerprint density at radius 3 is 0.679 bits per heavy atom. The van der Waals surface area contributed by atoms with E-state index in [4.69, 9.17) is 0 Å². The van der Waals surface area contributed by atoms with Crippen LogP contribution in [0.5, 0.6) is 0 Å². The maximum absolute atomic E-state index is 13.1. The summed E-state index contributed by atoms with van der Waals surface area (Å²) in [5.74, 6) is 0. The van der Waals surface area contributed by atoms with Gasteiger partial charge in [0.05, 0.1) is 33.4 Å². The van der Waals surface area contributed by atoms with E-state index < -0.39 is 68.6 Å². The minimum Gasteiger partial charge on any atom is -0.276 e. The van der Waals surface area contributed by atoms with Gasteiger partial charge in [0.2, 0.25) is 0 Å². The lowest BCUT2D eigenvalue weighted by atomic mass is 9.85. The van der Waals surface area contributed by atoms with Crippen molar-refractivity contribution in [2.75, 3.05) is 0 Å². The van der Waals surface area contributed by atoms with Crippen LogP contribution < -0.4 is 0 Å². The first kappa shape index (κ1) is 24.3. The van der Waals surface area contributed by atoms with Gasteiger partial charge in [0, 0.05) is 0 Å². The molecule has 0 radical (unpaired) electrons. The molecule has 0 aliphatic rings. The summed E-state index contributed by atoms with van der Waals surface area (Å²) >= 11 is 9.02. The third kappa shape index (κ3) is 4.47. The van der Waals surface area contributed by atoms with Gasteiger partial charge in [0.1, 0.15) is 0 Å². The Morgan fingerprint density at radius 2 is 0.607 bits per heavy atom. The van der Waals surface area contributed by atoms with Crippen LogP contribution in [0.2, 0.25) is 0 Å². The summed E-state index contributed by atoms with van der Waals surface area (Å²) in [6, 6.07) is 0. The van der Waals surface area contributed by atoms with Crippen LogP contribution in [0, 0.1) is 0 Å². The van der Waals surface area contributed by atoms with Gasteiger partial charge in [-0.25, -0.2) is 0 Å². The molecule has 0 saturated carbocycles. The van der Waals surface area contributed by atoms with Crippen molar-refractivity contribution in [1.29, 1.82) is 0 Å². The van der Waals surface area contributed by atoms with E-state index in [0.717, 1.165) is 0 Å². The monoisotopic (exact) mass is 474 g/mol. The third-order valence-electron chi connectivity index (χ3n) is 3.03. The molecule has 0 atom stereocenters. The topological polar surface area (TPSA) is 34.1 Å². The quantitative estimate of drug-likeness (QED) is 0.361. The Labute approximate surface area is 155 Å². The summed E-state index contributed by atoms with van der Waals surface area (Å²) in [5.41, 5.74) is -20.4. The Balaban J connectivity index is 4.73. The first-order valence-corrected chi connectivity index (χ1v) is 6.81. The van der Waals surface area contributed by atoms with Crippen molar-refractivity contribution in [3.63, 3.8) is 0 Å². The number of rotatable bonds is 2. The molecule has 0 amide bonds. The number of hydrogen-bond acceptors (Lipinski definition) is 2. The van der Waals surface area contributed by atoms with Crippen LogP contribution in [-0.4, -0.2) is 10.5 Å². The highest BCUT2D eigenvalue weighted by Crippen LogP contribution is 2.53. The molecule has 0 aromatic heterocycles. The van der Waals surface area contributed by atoms with Gasteiger partial charge >= 0.3 is 24.7 Å². The highest BCUT2D eigenvalue weighted by Gasteiger charge is 2.57. The summed E-state index contributed by atoms with van der Waals surface area (Å²) in [7, 11) is 0. The van der Waals surface area contributed by atoms with Gasteiger partial charge in [-0.2, -0.15) is 52.7 Å². The Morgan fingerprint density at radius 1 is 0.464 bits per heavy atom. The van der Waals surface area contributed by atoms with E-state index in [9.17, 15) is 62.3 Å². The number of carbonyl (C=O) groups is 2. The minimum atomic E-state index is -6.49. The summed E-state index contributed by atoms with van der Waals surface area (Å²) < 4.78 is 158. The van der Waals surface area contributed by atoms with Crippen molar-refractivity contribution >= 4 is 33.7 Å². The van der Waals surface area contributed by atoms with E-state index in [1.54, 1.807) is 0 Å². The van der Waals surface area contributed by atoms with Gasteiger partial charge in [-0.1, -0.05) is 0 Å². The summed E-state index contributed by atoms with van der Waals surface area (Å²) in [6.07, 6.45) is -26.0. The standard InChI is InChI=1S/C12Cl2F12O2/c13-7(27)1-3(9(15,16)17)5(11(21,22)23)2(8(14)28)6(12(24,25)26)4(1)10(18,19)20. The van der Waals surface area contributed by atoms with E-state index >= 15 is 0 Å². The molecule has 0 heterocycles. The van der Waals surface area contributed by atoms with Crippen molar-refractivity contribution in [2.45, 2.75) is 24.7 Å². The molecular formula is C12Cl2F12O2. The molecule has 16 heteroatoms. The molecule has 158 valence electrons. The predicted molar refractivity (Wildman–Crippen MR) is 66.8 cm³/mol. The maximum Gasteiger partial charge on any atom is 0.417 e. The molecule has 0 spiro atoms. The Bertz CT molecular complexity index is 707. The zero-order chi connectivity index (χ0) is 22.6. The molecule has 0 bridgehead atoms. The molecule has 28 heavy (non-hydrogen) atoms. The number of alkyl halides is 12. The second kappa shape index (κ2) is 6.97. The van der Waals surface area contributed by atoms with Crippen LogP contribution >= 0.6 is 23.2 Å². The predicted octanol–water partition coefficient (Wildman–Crippen LogP) is 6.52. The van der Waals surface area contributed by atoms with Gasteiger partial charge < -0.3 is 0 Å². The van der Waals surface area contributed by atoms with Gasteiger partial charge in [0.25, 0.3) is 10.5 Å². The maximum atomic E-state index is 13.1. The van der Waals surface area contributed by atoms with Crippen molar-refractivity contribution in [3.8, 4) is 0 Å². The van der Waals surface area contributed by atoms with Crippen LogP contribution in [0.4, 0.5) is 52.7 Å². The minimum absolute atomic E-state index is 2.93. The van der Waals surface area contributed by atoms with Crippen molar-refractivity contribution in [1.82, 2.24) is 0 Å². The molecule has 1 aromatic rings. The highest BCUT2D eigenvalue weighted by atomic mass is 35.5. The first-order valence-electron chi connectivity index (χ1n) is 6.05. The third-order valence-corrected chi connectivity index (χ3v) is 3.40. The van der Waals surface area contributed by atoms with Crippen LogP contribution in [-0.2, 0) is 24.7 Å². The average Bonchev–Trinajstić information content (AvgIpc) is 2.39. The molecule has 0 saturated heterocycles. The molecule has 0 unspecified atom stereocenters. The molecule has 0 aliphatic heterocycles. The van der Waals surface area contributed by atoms with Gasteiger partial charge in [-0.15, -0.1) is 0 Å². The zero-order valence-electron chi connectivity index (χ0n) is 12.1. The van der Waals surface area contributed by atoms with E-state index in [0.29, 0.717) is 0 Å². The van der Waals surface area contributed by atoms with E-state index in [1.165, 1.54) is 0 Å². The second-order valence-corrected chi connectivity index (χ2v) is 5.48. The van der Waals surface area contributed by atoms with Crippen molar-refractivity contribution in [3.05, 3.63) is 33.4 Å². The lowest BCUT2D eigenvalue weighted by Crippen LogP contribution is -2.32. The largest absolute Gasteiger partial charge is 0.417 e. The number of hydrogen-bond donors (Lipinski definition) is 0. The molecular weight excluding hydrogens is 475 g/mol. The van der Waals surface area contributed by atoms with Gasteiger partial charge in [-0.05, 0) is 23.2 Å². The second-order valence-electron chi connectivity index (χ2n) is 4.79. The van der Waals surface area contributed by atoms with Crippen LogP contribution in [0.1, 0.15) is 43.0 Å². The summed E-state index contributed by atoms with van der Waals surface area (Å²) in [6.45, 7) is 0. The Hall–Kier alpha value is -1.70. The molecule has 1 rings (SSSR count). The fourth-order valence-electron chi connectivity index (χ4n) is 2.28. The van der Waals surface area contributed by atoms with Gasteiger partial charge in [-0.3, -0.25) is 9.59 Å². The Kier molecular flexibility index (Phi) is 6.06. The van der Waals surface area contributed by atoms with Crippen molar-refractivity contribution < 1.29 is 62.3 Å². The molecule has 1 aromatic carbocycles. The molecule has 0 aliphatic carbocycles. The smallest absolute Gasteiger partial charge is 0.276 e. The zero-order valence-corrected chi connectivity index (χ0v) is 13.6. The number of carbonyl (C=O) groups excluding carboxylic acids is 2. The highest BCUT2D eigenvalue weighted by molar-refractivity contribution is 6.69. The number of benzene rings is 1. The fraction of sp³-hybridized carbons (Fsp3) is 0.333. The SMILES string of the molecule is O=C(Cl)c1c(C(F)(F)F)c(C(F)(F)F)c(C(=O)Cl)c(C(F)(F)F)c1C(F)(F)F. The van der Waals surface area contributed by atoms with E-state index in [1.807, 2.05) is 0 Å². The lowest BCUT2D eigenvalue weighted by Gasteiger charge is -2.27. The number of halogens is 14. The normalized spacial score (nSPS) is 13.6.